The smallest absolute Gasteiger partial charge is 0.0546 e. The van der Waals surface area contributed by atoms with Gasteiger partial charge in [0.2, 0.25) is 0 Å². The van der Waals surface area contributed by atoms with Crippen LogP contribution in [0.5, 0.6) is 0 Å². The molecule has 0 bridgehead atoms. The number of anilines is 3. The number of fused-ring (bicyclic) bond motifs is 6. The molecule has 0 spiro atoms. The lowest BCUT2D eigenvalue weighted by Crippen LogP contribution is -2.12. The number of benzene rings is 10. The maximum Gasteiger partial charge on any atom is 0.0546 e. The van der Waals surface area contributed by atoms with E-state index in [0.29, 0.717) is 0 Å². The zero-order chi connectivity index (χ0) is 38.4. The molecule has 0 saturated carbocycles. The van der Waals surface area contributed by atoms with E-state index in [2.05, 4.69) is 229 Å². The first-order valence-corrected chi connectivity index (χ1v) is 20.7. The molecule has 0 aliphatic carbocycles. The molecule has 0 amide bonds. The number of hydrogen-bond donors (Lipinski definition) is 0. The molecule has 0 aliphatic heterocycles. The summed E-state index contributed by atoms with van der Waals surface area (Å²) in [6, 6.07) is 82.1. The SMILES string of the molecule is c1ccc(-c2ccccc2-c2c(-c3ccccc3)cccc2N(c2cccc(-c3cccc4c3sc3ccccc34)c2)c2ccc3c(ccc4ccccc43)c2)cc1. The molecule has 58 heavy (non-hydrogen) atoms. The Kier molecular flexibility index (Phi) is 8.42. The van der Waals surface area contributed by atoms with Gasteiger partial charge < -0.3 is 4.90 Å². The lowest BCUT2D eigenvalue weighted by Gasteiger charge is -2.30. The van der Waals surface area contributed by atoms with Crippen molar-refractivity contribution in [3.8, 4) is 44.5 Å². The van der Waals surface area contributed by atoms with Gasteiger partial charge in [-0.25, -0.2) is 0 Å². The summed E-state index contributed by atoms with van der Waals surface area (Å²) in [5.74, 6) is 0. The van der Waals surface area contributed by atoms with Crippen molar-refractivity contribution in [2.45, 2.75) is 0 Å². The third-order valence-corrected chi connectivity index (χ3v) is 12.7. The van der Waals surface area contributed by atoms with Crippen LogP contribution in [-0.4, -0.2) is 0 Å². The van der Waals surface area contributed by atoms with Gasteiger partial charge in [0.15, 0.2) is 0 Å². The minimum Gasteiger partial charge on any atom is -0.310 e. The molecule has 11 aromatic rings. The molecule has 0 radical (unpaired) electrons. The number of thiophene rings is 1. The highest BCUT2D eigenvalue weighted by Gasteiger charge is 2.23. The van der Waals surface area contributed by atoms with Crippen LogP contribution in [0.15, 0.2) is 224 Å². The van der Waals surface area contributed by atoms with Gasteiger partial charge in [-0.15, -0.1) is 11.3 Å². The third kappa shape index (κ3) is 5.86. The normalized spacial score (nSPS) is 11.4. The second kappa shape index (κ2) is 14.4. The van der Waals surface area contributed by atoms with Gasteiger partial charge in [-0.3, -0.25) is 0 Å². The van der Waals surface area contributed by atoms with Gasteiger partial charge in [-0.2, -0.15) is 0 Å². The second-order valence-electron chi connectivity index (χ2n) is 14.8. The third-order valence-electron chi connectivity index (χ3n) is 11.5. The second-order valence-corrected chi connectivity index (χ2v) is 15.9. The molecule has 272 valence electrons. The molecule has 0 N–H and O–H groups in total. The molecule has 1 heterocycles. The average molecular weight is 756 g/mol. The highest BCUT2D eigenvalue weighted by Crippen LogP contribution is 2.49. The minimum absolute atomic E-state index is 1.10. The van der Waals surface area contributed by atoms with Crippen molar-refractivity contribution in [2.24, 2.45) is 0 Å². The van der Waals surface area contributed by atoms with Gasteiger partial charge in [0.25, 0.3) is 0 Å². The summed E-state index contributed by atoms with van der Waals surface area (Å²) in [7, 11) is 0. The molecule has 0 atom stereocenters. The molecule has 10 aromatic carbocycles. The average Bonchev–Trinajstić information content (AvgIpc) is 3.69. The maximum absolute atomic E-state index is 2.48. The van der Waals surface area contributed by atoms with Crippen LogP contribution in [0.4, 0.5) is 17.1 Å². The van der Waals surface area contributed by atoms with Gasteiger partial charge in [-0.05, 0) is 96.9 Å². The molecule has 0 unspecified atom stereocenters. The van der Waals surface area contributed by atoms with Crippen LogP contribution < -0.4 is 4.90 Å². The lowest BCUT2D eigenvalue weighted by atomic mass is 9.87. The van der Waals surface area contributed by atoms with Crippen molar-refractivity contribution in [3.63, 3.8) is 0 Å². The predicted octanol–water partition coefficient (Wildman–Crippen LogP) is 16.5. The van der Waals surface area contributed by atoms with Gasteiger partial charge in [-0.1, -0.05) is 188 Å². The van der Waals surface area contributed by atoms with Crippen LogP contribution in [0.25, 0.3) is 86.2 Å². The summed E-state index contributed by atoms with van der Waals surface area (Å²) >= 11 is 1.88. The maximum atomic E-state index is 2.48. The van der Waals surface area contributed by atoms with E-state index in [1.807, 2.05) is 11.3 Å². The fourth-order valence-electron chi connectivity index (χ4n) is 8.79. The number of nitrogens with zero attached hydrogens (tertiary/aromatic N) is 1. The van der Waals surface area contributed by atoms with E-state index >= 15 is 0 Å². The van der Waals surface area contributed by atoms with Crippen LogP contribution in [0.3, 0.4) is 0 Å². The zero-order valence-corrected chi connectivity index (χ0v) is 32.5. The molecule has 11 rings (SSSR count). The molecule has 0 aliphatic rings. The van der Waals surface area contributed by atoms with Gasteiger partial charge in [0, 0.05) is 37.1 Å². The van der Waals surface area contributed by atoms with Crippen molar-refractivity contribution < 1.29 is 0 Å². The first kappa shape index (κ1) is 34.0. The van der Waals surface area contributed by atoms with Gasteiger partial charge in [0.05, 0.1) is 5.69 Å². The quantitative estimate of drug-likeness (QED) is 0.146. The molecule has 2 heteroatoms. The van der Waals surface area contributed by atoms with Gasteiger partial charge in [0.1, 0.15) is 0 Å². The molecular formula is C56H37NS. The Bertz CT molecular complexity index is 3290. The Hall–Kier alpha value is -7.26. The Balaban J connectivity index is 1.20. The Morgan fingerprint density at radius 3 is 1.72 bits per heavy atom. The lowest BCUT2D eigenvalue weighted by molar-refractivity contribution is 1.29. The summed E-state index contributed by atoms with van der Waals surface area (Å²) < 4.78 is 2.62. The number of hydrogen-bond acceptors (Lipinski definition) is 2. The summed E-state index contributed by atoms with van der Waals surface area (Å²) in [6.07, 6.45) is 0. The Morgan fingerprint density at radius 2 is 0.879 bits per heavy atom. The van der Waals surface area contributed by atoms with E-state index in [0.717, 1.165) is 17.1 Å². The van der Waals surface area contributed by atoms with E-state index in [1.54, 1.807) is 0 Å². The number of rotatable bonds is 7. The highest BCUT2D eigenvalue weighted by atomic mass is 32.1. The summed E-state index contributed by atoms with van der Waals surface area (Å²) in [6.45, 7) is 0. The van der Waals surface area contributed by atoms with E-state index in [9.17, 15) is 0 Å². The molecule has 1 aromatic heterocycles. The van der Waals surface area contributed by atoms with Crippen molar-refractivity contribution >= 4 is 70.1 Å². The summed E-state index contributed by atoms with van der Waals surface area (Å²) in [4.78, 5) is 2.48. The molecular weight excluding hydrogens is 719 g/mol. The van der Waals surface area contributed by atoms with Crippen LogP contribution in [-0.2, 0) is 0 Å². The van der Waals surface area contributed by atoms with Crippen LogP contribution in [0.2, 0.25) is 0 Å². The van der Waals surface area contributed by atoms with Crippen molar-refractivity contribution in [3.05, 3.63) is 224 Å². The standard InChI is InChI=1S/C56H37NS/c1-3-16-38(17-4-1)46-24-9-10-26-51(46)55-48(39-18-5-2-6-19-39)27-15-30-53(55)57(44-34-35-47-42(37-44)33-32-40-20-7-8-23-45(40)47)43-22-13-21-41(36-43)49-28-14-29-52-50-25-11-12-31-54(50)58-56(49)52/h1-37H. The van der Waals surface area contributed by atoms with Crippen LogP contribution in [0.1, 0.15) is 0 Å². The van der Waals surface area contributed by atoms with E-state index < -0.39 is 0 Å². The van der Waals surface area contributed by atoms with Crippen molar-refractivity contribution in [2.75, 3.05) is 4.90 Å². The fourth-order valence-corrected chi connectivity index (χ4v) is 10.0. The zero-order valence-electron chi connectivity index (χ0n) is 31.7. The first-order chi connectivity index (χ1) is 28.8. The van der Waals surface area contributed by atoms with Crippen LogP contribution >= 0.6 is 11.3 Å². The largest absolute Gasteiger partial charge is 0.310 e. The van der Waals surface area contributed by atoms with E-state index in [4.69, 9.17) is 0 Å². The first-order valence-electron chi connectivity index (χ1n) is 19.8. The van der Waals surface area contributed by atoms with E-state index in [-0.39, 0.29) is 0 Å². The predicted molar refractivity (Wildman–Crippen MR) is 251 cm³/mol. The molecule has 1 nitrogen and oxygen atoms in total. The monoisotopic (exact) mass is 755 g/mol. The summed E-state index contributed by atoms with van der Waals surface area (Å²) in [5, 5.41) is 7.58. The van der Waals surface area contributed by atoms with E-state index in [1.165, 1.54) is 86.2 Å². The highest BCUT2D eigenvalue weighted by molar-refractivity contribution is 7.26. The minimum atomic E-state index is 1.10. The summed E-state index contributed by atoms with van der Waals surface area (Å²) in [5.41, 5.74) is 12.9. The Morgan fingerprint density at radius 1 is 0.310 bits per heavy atom. The van der Waals surface area contributed by atoms with Crippen LogP contribution in [0, 0.1) is 0 Å². The topological polar surface area (TPSA) is 3.24 Å². The Labute approximate surface area is 342 Å². The molecule has 0 saturated heterocycles. The van der Waals surface area contributed by atoms with Crippen molar-refractivity contribution in [1.29, 1.82) is 0 Å². The van der Waals surface area contributed by atoms with Crippen molar-refractivity contribution in [1.82, 2.24) is 0 Å². The van der Waals surface area contributed by atoms with Gasteiger partial charge >= 0.3 is 0 Å². The molecule has 0 fully saturated rings. The fraction of sp³-hybridized carbons (Fsp3) is 0.